The summed E-state index contributed by atoms with van der Waals surface area (Å²) in [5, 5.41) is 12.1. The van der Waals surface area contributed by atoms with E-state index in [1.165, 1.54) is 12.8 Å². The maximum atomic E-state index is 8.68. The van der Waals surface area contributed by atoms with Gasteiger partial charge in [-0.05, 0) is 31.0 Å². The average Bonchev–Trinajstić information content (AvgIpc) is 3.23. The van der Waals surface area contributed by atoms with Crippen LogP contribution in [-0.2, 0) is 4.74 Å². The second-order valence-corrected chi connectivity index (χ2v) is 4.97. The molecule has 0 atom stereocenters. The molecule has 1 fully saturated rings. The molecule has 0 spiro atoms. The molecule has 0 heterocycles. The molecular formula is C13H18ClN3O2. The van der Waals surface area contributed by atoms with Crippen molar-refractivity contribution in [1.82, 2.24) is 0 Å². The van der Waals surface area contributed by atoms with E-state index in [2.05, 4.69) is 10.1 Å². The lowest BCUT2D eigenvalue weighted by molar-refractivity contribution is 0.205. The Labute approximate surface area is 117 Å². The molecule has 1 aromatic rings. The van der Waals surface area contributed by atoms with Gasteiger partial charge in [0.25, 0.3) is 0 Å². The number of hydrogen-bond acceptors (Lipinski definition) is 4. The van der Waals surface area contributed by atoms with E-state index >= 15 is 0 Å². The Bertz CT molecular complexity index is 475. The monoisotopic (exact) mass is 283 g/mol. The van der Waals surface area contributed by atoms with Gasteiger partial charge in [-0.15, -0.1) is 0 Å². The number of ether oxygens (including phenoxy) is 1. The molecule has 0 amide bonds. The summed E-state index contributed by atoms with van der Waals surface area (Å²) in [6.45, 7) is 1.51. The number of hydrogen-bond donors (Lipinski definition) is 2. The number of nitrogens with zero attached hydrogens (tertiary/aromatic N) is 2. The second-order valence-electron chi connectivity index (χ2n) is 4.57. The number of anilines is 1. The molecule has 0 bridgehead atoms. The third kappa shape index (κ3) is 3.30. The van der Waals surface area contributed by atoms with Crippen molar-refractivity contribution >= 4 is 23.1 Å². The van der Waals surface area contributed by atoms with E-state index in [0.29, 0.717) is 23.2 Å². The number of halogens is 1. The highest BCUT2D eigenvalue weighted by molar-refractivity contribution is 6.34. The first kappa shape index (κ1) is 14.0. The fourth-order valence-electron chi connectivity index (χ4n) is 2.04. The Morgan fingerprint density at radius 2 is 2.32 bits per heavy atom. The molecular weight excluding hydrogens is 266 g/mol. The first-order valence-electron chi connectivity index (χ1n) is 6.20. The van der Waals surface area contributed by atoms with Gasteiger partial charge in [-0.2, -0.15) is 0 Å². The van der Waals surface area contributed by atoms with Crippen molar-refractivity contribution in [3.63, 3.8) is 0 Å². The molecule has 1 aliphatic rings. The fourth-order valence-corrected chi connectivity index (χ4v) is 2.31. The Morgan fingerprint density at radius 3 is 2.84 bits per heavy atom. The molecule has 104 valence electrons. The Balaban J connectivity index is 2.21. The van der Waals surface area contributed by atoms with Crippen LogP contribution in [0.4, 0.5) is 5.69 Å². The van der Waals surface area contributed by atoms with Gasteiger partial charge < -0.3 is 20.6 Å². The van der Waals surface area contributed by atoms with Gasteiger partial charge in [0.05, 0.1) is 11.6 Å². The molecule has 6 heteroatoms. The van der Waals surface area contributed by atoms with Crippen LogP contribution < -0.4 is 10.6 Å². The molecule has 19 heavy (non-hydrogen) atoms. The molecule has 1 aliphatic carbocycles. The minimum Gasteiger partial charge on any atom is -0.409 e. The van der Waals surface area contributed by atoms with Crippen LogP contribution in [0.15, 0.2) is 23.4 Å². The average molecular weight is 284 g/mol. The Hall–Kier alpha value is -1.46. The van der Waals surface area contributed by atoms with E-state index in [9.17, 15) is 0 Å². The van der Waals surface area contributed by atoms with Gasteiger partial charge in [-0.3, -0.25) is 0 Å². The maximum absolute atomic E-state index is 8.68. The molecule has 2 rings (SSSR count). The van der Waals surface area contributed by atoms with Crippen molar-refractivity contribution in [3.05, 3.63) is 28.8 Å². The summed E-state index contributed by atoms with van der Waals surface area (Å²) in [6.07, 6.45) is 2.40. The summed E-state index contributed by atoms with van der Waals surface area (Å²) >= 11 is 6.18. The first-order valence-corrected chi connectivity index (χ1v) is 6.58. The lowest BCUT2D eigenvalue weighted by Gasteiger charge is -2.25. The van der Waals surface area contributed by atoms with Crippen LogP contribution in [0.1, 0.15) is 18.4 Å². The number of methoxy groups -OCH3 is 1. The summed E-state index contributed by atoms with van der Waals surface area (Å²) in [6, 6.07) is 6.13. The smallest absolute Gasteiger partial charge is 0.171 e. The second kappa shape index (κ2) is 6.12. The van der Waals surface area contributed by atoms with E-state index < -0.39 is 0 Å². The van der Waals surface area contributed by atoms with Crippen molar-refractivity contribution in [3.8, 4) is 0 Å². The summed E-state index contributed by atoms with van der Waals surface area (Å²) in [4.78, 5) is 2.28. The highest BCUT2D eigenvalue weighted by Gasteiger charge is 2.29. The van der Waals surface area contributed by atoms with E-state index in [4.69, 9.17) is 27.3 Å². The number of nitrogens with two attached hydrogens (primary N) is 1. The van der Waals surface area contributed by atoms with Crippen LogP contribution in [0.3, 0.4) is 0 Å². The number of rotatable bonds is 6. The van der Waals surface area contributed by atoms with Crippen molar-refractivity contribution in [2.24, 2.45) is 10.9 Å². The SMILES string of the molecule is COCCN(c1ccc(C(N)=NO)c(Cl)c1)C1CC1. The molecule has 0 saturated heterocycles. The van der Waals surface area contributed by atoms with Crippen LogP contribution in [0.5, 0.6) is 0 Å². The van der Waals surface area contributed by atoms with Crippen molar-refractivity contribution in [2.75, 3.05) is 25.2 Å². The molecule has 1 aromatic carbocycles. The van der Waals surface area contributed by atoms with Crippen LogP contribution in [0.25, 0.3) is 0 Å². The minimum atomic E-state index is 0.0198. The van der Waals surface area contributed by atoms with Crippen molar-refractivity contribution < 1.29 is 9.94 Å². The summed E-state index contributed by atoms with van der Waals surface area (Å²) in [5.41, 5.74) is 7.13. The predicted molar refractivity (Wildman–Crippen MR) is 76.2 cm³/mol. The van der Waals surface area contributed by atoms with Crippen molar-refractivity contribution in [1.29, 1.82) is 0 Å². The maximum Gasteiger partial charge on any atom is 0.171 e. The molecule has 0 radical (unpaired) electrons. The van der Waals surface area contributed by atoms with Gasteiger partial charge in [0, 0.05) is 30.9 Å². The van der Waals surface area contributed by atoms with E-state index in [1.807, 2.05) is 12.1 Å². The van der Waals surface area contributed by atoms with Gasteiger partial charge in [-0.25, -0.2) is 0 Å². The first-order chi connectivity index (χ1) is 9.17. The van der Waals surface area contributed by atoms with E-state index in [0.717, 1.165) is 12.2 Å². The lowest BCUT2D eigenvalue weighted by atomic mass is 10.1. The Morgan fingerprint density at radius 1 is 1.58 bits per heavy atom. The highest BCUT2D eigenvalue weighted by atomic mass is 35.5. The van der Waals surface area contributed by atoms with Crippen LogP contribution in [-0.4, -0.2) is 37.3 Å². The Kier molecular flexibility index (Phi) is 4.50. The highest BCUT2D eigenvalue weighted by Crippen LogP contribution is 2.33. The molecule has 5 nitrogen and oxygen atoms in total. The number of benzene rings is 1. The normalized spacial score (nSPS) is 15.6. The van der Waals surface area contributed by atoms with Gasteiger partial charge in [-0.1, -0.05) is 16.8 Å². The van der Waals surface area contributed by atoms with Gasteiger partial charge in [0.1, 0.15) is 0 Å². The quantitative estimate of drug-likeness (QED) is 0.363. The van der Waals surface area contributed by atoms with Crippen LogP contribution in [0, 0.1) is 0 Å². The number of amidine groups is 1. The number of oxime groups is 1. The summed E-state index contributed by atoms with van der Waals surface area (Å²) < 4.78 is 5.13. The van der Waals surface area contributed by atoms with Crippen molar-refractivity contribution in [2.45, 2.75) is 18.9 Å². The fraction of sp³-hybridized carbons (Fsp3) is 0.462. The summed E-state index contributed by atoms with van der Waals surface area (Å²) in [7, 11) is 1.69. The van der Waals surface area contributed by atoms with E-state index in [1.54, 1.807) is 13.2 Å². The third-order valence-electron chi connectivity index (χ3n) is 3.19. The summed E-state index contributed by atoms with van der Waals surface area (Å²) in [5.74, 6) is 0.0198. The molecule has 1 saturated carbocycles. The zero-order chi connectivity index (χ0) is 13.8. The zero-order valence-electron chi connectivity index (χ0n) is 10.8. The van der Waals surface area contributed by atoms with E-state index in [-0.39, 0.29) is 5.84 Å². The van der Waals surface area contributed by atoms with Gasteiger partial charge in [0.2, 0.25) is 0 Å². The van der Waals surface area contributed by atoms with Gasteiger partial charge >= 0.3 is 0 Å². The predicted octanol–water partition coefficient (Wildman–Crippen LogP) is 2.05. The zero-order valence-corrected chi connectivity index (χ0v) is 11.6. The molecule has 0 unspecified atom stereocenters. The molecule has 0 aliphatic heterocycles. The van der Waals surface area contributed by atoms with Crippen LogP contribution >= 0.6 is 11.6 Å². The largest absolute Gasteiger partial charge is 0.409 e. The lowest BCUT2D eigenvalue weighted by Crippen LogP contribution is -2.29. The van der Waals surface area contributed by atoms with Gasteiger partial charge in [0.15, 0.2) is 5.84 Å². The minimum absolute atomic E-state index is 0.0198. The topological polar surface area (TPSA) is 71.1 Å². The third-order valence-corrected chi connectivity index (χ3v) is 3.50. The standard InChI is InChI=1S/C13H18ClN3O2/c1-19-7-6-17(9-2-3-9)10-4-5-11(12(14)8-10)13(15)16-18/h4-5,8-9,18H,2-3,6-7H2,1H3,(H2,15,16). The molecule has 3 N–H and O–H groups in total. The van der Waals surface area contributed by atoms with Crippen LogP contribution in [0.2, 0.25) is 5.02 Å². The molecule has 0 aromatic heterocycles.